The molecule has 0 atom stereocenters. The maximum absolute atomic E-state index is 11.2. The minimum atomic E-state index is -0.468. The van der Waals surface area contributed by atoms with E-state index in [1.165, 1.54) is 0 Å². The second-order valence-electron chi connectivity index (χ2n) is 5.28. The number of amides is 2. The van der Waals surface area contributed by atoms with Crippen LogP contribution in [0.3, 0.4) is 0 Å². The van der Waals surface area contributed by atoms with Gasteiger partial charge in [-0.2, -0.15) is 0 Å². The quantitative estimate of drug-likeness (QED) is 0.773. The number of carbonyl (C=O) groups is 2. The van der Waals surface area contributed by atoms with E-state index in [0.717, 1.165) is 22.4 Å². The average molecular weight is 317 g/mol. The molecule has 3 aromatic rings. The van der Waals surface area contributed by atoms with Crippen molar-refractivity contribution in [2.24, 2.45) is 11.5 Å². The first-order chi connectivity index (χ1) is 11.6. The number of nitrogens with two attached hydrogens (primary N) is 2. The molecule has 0 saturated carbocycles. The van der Waals surface area contributed by atoms with Crippen molar-refractivity contribution < 1.29 is 9.59 Å². The number of hydrogen-bond acceptors (Lipinski definition) is 3. The van der Waals surface area contributed by atoms with Gasteiger partial charge in [0.25, 0.3) is 0 Å². The predicted octanol–water partition coefficient (Wildman–Crippen LogP) is 2.61. The van der Waals surface area contributed by atoms with Gasteiger partial charge >= 0.3 is 0 Å². The second-order valence-corrected chi connectivity index (χ2v) is 5.28. The number of benzene rings is 2. The summed E-state index contributed by atoms with van der Waals surface area (Å²) < 4.78 is 0. The summed E-state index contributed by atoms with van der Waals surface area (Å²) in [5.41, 5.74) is 14.9. The molecule has 5 heteroatoms. The third-order valence-corrected chi connectivity index (χ3v) is 3.73. The van der Waals surface area contributed by atoms with Crippen LogP contribution in [0, 0.1) is 0 Å². The Hall–Kier alpha value is -3.47. The standard InChI is InChI=1S/C19H15N3O2/c20-18(23)14-7-3-12(4-8-14)16-2-1-11-22-17(16)13-5-9-15(10-6-13)19(21)24/h1-11H,(H2,20,23)(H2,21,24). The molecule has 2 amide bonds. The zero-order valence-corrected chi connectivity index (χ0v) is 12.8. The van der Waals surface area contributed by atoms with E-state index in [-0.39, 0.29) is 0 Å². The molecule has 0 bridgehead atoms. The van der Waals surface area contributed by atoms with Crippen molar-refractivity contribution in [1.82, 2.24) is 4.98 Å². The molecule has 3 rings (SSSR count). The highest BCUT2D eigenvalue weighted by molar-refractivity contribution is 5.94. The second kappa shape index (κ2) is 6.34. The Morgan fingerprint density at radius 2 is 1.21 bits per heavy atom. The van der Waals surface area contributed by atoms with Crippen molar-refractivity contribution in [1.29, 1.82) is 0 Å². The fraction of sp³-hybridized carbons (Fsp3) is 0. The lowest BCUT2D eigenvalue weighted by Gasteiger charge is -2.10. The molecular weight excluding hydrogens is 302 g/mol. The summed E-state index contributed by atoms with van der Waals surface area (Å²) in [6, 6.07) is 17.8. The van der Waals surface area contributed by atoms with Crippen LogP contribution in [-0.2, 0) is 0 Å². The number of hydrogen-bond donors (Lipinski definition) is 2. The molecule has 0 aliphatic rings. The SMILES string of the molecule is NC(=O)c1ccc(-c2cccnc2-c2ccc(C(N)=O)cc2)cc1. The molecule has 1 aromatic heterocycles. The average Bonchev–Trinajstić information content (AvgIpc) is 2.62. The number of carbonyl (C=O) groups excluding carboxylic acids is 2. The van der Waals surface area contributed by atoms with Gasteiger partial charge in [0.05, 0.1) is 5.69 Å². The highest BCUT2D eigenvalue weighted by atomic mass is 16.1. The Labute approximate surface area is 138 Å². The van der Waals surface area contributed by atoms with Crippen molar-refractivity contribution >= 4 is 11.8 Å². The van der Waals surface area contributed by atoms with Gasteiger partial charge in [-0.25, -0.2) is 0 Å². The third kappa shape index (κ3) is 3.01. The summed E-state index contributed by atoms with van der Waals surface area (Å²) in [5, 5.41) is 0. The van der Waals surface area contributed by atoms with Crippen molar-refractivity contribution in [3.63, 3.8) is 0 Å². The Morgan fingerprint density at radius 3 is 1.71 bits per heavy atom. The maximum atomic E-state index is 11.2. The molecule has 4 N–H and O–H groups in total. The Bertz CT molecular complexity index is 824. The van der Waals surface area contributed by atoms with Gasteiger partial charge < -0.3 is 11.5 Å². The predicted molar refractivity (Wildman–Crippen MR) is 92.1 cm³/mol. The van der Waals surface area contributed by atoms with Crippen LogP contribution in [0.1, 0.15) is 20.7 Å². The molecule has 0 aliphatic heterocycles. The van der Waals surface area contributed by atoms with Gasteiger partial charge in [-0.1, -0.05) is 30.3 Å². The highest BCUT2D eigenvalue weighted by Gasteiger charge is 2.10. The van der Waals surface area contributed by atoms with Crippen molar-refractivity contribution in [3.05, 3.63) is 78.0 Å². The first kappa shape index (κ1) is 15.4. The van der Waals surface area contributed by atoms with Gasteiger partial charge in [0, 0.05) is 28.5 Å². The molecule has 2 aromatic carbocycles. The van der Waals surface area contributed by atoms with Crippen LogP contribution in [0.5, 0.6) is 0 Å². The molecule has 118 valence electrons. The number of rotatable bonds is 4. The third-order valence-electron chi connectivity index (χ3n) is 3.73. The van der Waals surface area contributed by atoms with E-state index in [4.69, 9.17) is 11.5 Å². The molecule has 1 heterocycles. The van der Waals surface area contributed by atoms with Gasteiger partial charge in [0.1, 0.15) is 0 Å². The lowest BCUT2D eigenvalue weighted by Crippen LogP contribution is -2.10. The van der Waals surface area contributed by atoms with Crippen molar-refractivity contribution in [2.75, 3.05) is 0 Å². The van der Waals surface area contributed by atoms with E-state index in [9.17, 15) is 9.59 Å². The van der Waals surface area contributed by atoms with E-state index >= 15 is 0 Å². The zero-order valence-electron chi connectivity index (χ0n) is 12.8. The topological polar surface area (TPSA) is 99.1 Å². The van der Waals surface area contributed by atoms with Crippen LogP contribution >= 0.6 is 0 Å². The van der Waals surface area contributed by atoms with Gasteiger partial charge in [-0.3, -0.25) is 14.6 Å². The van der Waals surface area contributed by atoms with Crippen LogP contribution in [0.15, 0.2) is 66.9 Å². The molecule has 0 spiro atoms. The molecule has 0 fully saturated rings. The summed E-state index contributed by atoms with van der Waals surface area (Å²) in [6.45, 7) is 0. The van der Waals surface area contributed by atoms with Crippen LogP contribution in [-0.4, -0.2) is 16.8 Å². The summed E-state index contributed by atoms with van der Waals surface area (Å²) in [7, 11) is 0. The molecule has 0 aliphatic carbocycles. The van der Waals surface area contributed by atoms with Crippen LogP contribution < -0.4 is 11.5 Å². The largest absolute Gasteiger partial charge is 0.366 e. The van der Waals surface area contributed by atoms with Crippen molar-refractivity contribution in [2.45, 2.75) is 0 Å². The van der Waals surface area contributed by atoms with E-state index in [1.807, 2.05) is 36.4 Å². The van der Waals surface area contributed by atoms with Gasteiger partial charge in [-0.05, 0) is 35.9 Å². The monoisotopic (exact) mass is 317 g/mol. The fourth-order valence-electron chi connectivity index (χ4n) is 2.47. The van der Waals surface area contributed by atoms with Crippen LogP contribution in [0.4, 0.5) is 0 Å². The van der Waals surface area contributed by atoms with Crippen LogP contribution in [0.25, 0.3) is 22.4 Å². The first-order valence-corrected chi connectivity index (χ1v) is 7.32. The molecule has 5 nitrogen and oxygen atoms in total. The number of aromatic nitrogens is 1. The van der Waals surface area contributed by atoms with E-state index < -0.39 is 11.8 Å². The summed E-state index contributed by atoms with van der Waals surface area (Å²) in [6.07, 6.45) is 1.71. The van der Waals surface area contributed by atoms with E-state index in [0.29, 0.717) is 11.1 Å². The molecular formula is C19H15N3O2. The maximum Gasteiger partial charge on any atom is 0.248 e. The summed E-state index contributed by atoms with van der Waals surface area (Å²) in [4.78, 5) is 26.8. The number of nitrogens with zero attached hydrogens (tertiary/aromatic N) is 1. The van der Waals surface area contributed by atoms with Gasteiger partial charge in [-0.15, -0.1) is 0 Å². The first-order valence-electron chi connectivity index (χ1n) is 7.32. The summed E-state index contributed by atoms with van der Waals surface area (Å²) >= 11 is 0. The lowest BCUT2D eigenvalue weighted by atomic mass is 9.98. The summed E-state index contributed by atoms with van der Waals surface area (Å²) in [5.74, 6) is -0.931. The highest BCUT2D eigenvalue weighted by Crippen LogP contribution is 2.30. The molecule has 24 heavy (non-hydrogen) atoms. The molecule has 0 unspecified atom stereocenters. The zero-order chi connectivity index (χ0) is 17.1. The van der Waals surface area contributed by atoms with E-state index in [1.54, 1.807) is 30.5 Å². The lowest BCUT2D eigenvalue weighted by molar-refractivity contribution is 0.0992. The van der Waals surface area contributed by atoms with Gasteiger partial charge in [0.2, 0.25) is 11.8 Å². The Morgan fingerprint density at radius 1 is 0.708 bits per heavy atom. The molecule has 0 radical (unpaired) electrons. The number of pyridine rings is 1. The molecule has 0 saturated heterocycles. The normalized spacial score (nSPS) is 10.3. The minimum absolute atomic E-state index is 0.446. The Balaban J connectivity index is 2.04. The van der Waals surface area contributed by atoms with Gasteiger partial charge in [0.15, 0.2) is 0 Å². The van der Waals surface area contributed by atoms with Crippen molar-refractivity contribution in [3.8, 4) is 22.4 Å². The van der Waals surface area contributed by atoms with Crippen LogP contribution in [0.2, 0.25) is 0 Å². The van der Waals surface area contributed by atoms with E-state index in [2.05, 4.69) is 4.98 Å². The fourth-order valence-corrected chi connectivity index (χ4v) is 2.47. The minimum Gasteiger partial charge on any atom is -0.366 e. The Kier molecular flexibility index (Phi) is 4.07. The number of primary amides is 2. The smallest absolute Gasteiger partial charge is 0.248 e.